The molecule has 2 aromatic carbocycles. The summed E-state index contributed by atoms with van der Waals surface area (Å²) in [6, 6.07) is 8.97. The average molecular weight is 567 g/mol. The van der Waals surface area contributed by atoms with Crippen molar-refractivity contribution in [3.05, 3.63) is 51.9 Å². The van der Waals surface area contributed by atoms with Crippen molar-refractivity contribution in [2.24, 2.45) is 16.3 Å². The maximum Gasteiger partial charge on any atom is 0.259 e. The SMILES string of the molecule is COc1ccc(OC)c(NC(=O)c2c(/N=C/c3ccc(OC)c(OC)c3OC)sc3c2CCC(C(C)(C)C)C3)c1. The number of benzene rings is 2. The zero-order valence-electron chi connectivity index (χ0n) is 24.5. The van der Waals surface area contributed by atoms with Crippen molar-refractivity contribution in [1.29, 1.82) is 0 Å². The number of fused-ring (bicyclic) bond motifs is 1. The van der Waals surface area contributed by atoms with Gasteiger partial charge in [-0.15, -0.1) is 11.3 Å². The minimum Gasteiger partial charge on any atom is -0.497 e. The quantitative estimate of drug-likeness (QED) is 0.282. The molecule has 0 bridgehead atoms. The number of methoxy groups -OCH3 is 5. The van der Waals surface area contributed by atoms with Crippen molar-refractivity contribution in [3.63, 3.8) is 0 Å². The van der Waals surface area contributed by atoms with Crippen LogP contribution >= 0.6 is 11.3 Å². The molecule has 8 nitrogen and oxygen atoms in total. The first-order valence-corrected chi connectivity index (χ1v) is 14.0. The van der Waals surface area contributed by atoms with Gasteiger partial charge in [-0.1, -0.05) is 20.8 Å². The topological polar surface area (TPSA) is 87.6 Å². The predicted molar refractivity (Wildman–Crippen MR) is 160 cm³/mol. The highest BCUT2D eigenvalue weighted by Gasteiger charge is 2.34. The van der Waals surface area contributed by atoms with Gasteiger partial charge in [0.05, 0.1) is 46.8 Å². The molecule has 0 radical (unpaired) electrons. The number of amides is 1. The van der Waals surface area contributed by atoms with Gasteiger partial charge in [0.25, 0.3) is 5.91 Å². The van der Waals surface area contributed by atoms with Crippen LogP contribution in [0.1, 0.15) is 53.6 Å². The van der Waals surface area contributed by atoms with E-state index in [2.05, 4.69) is 26.1 Å². The fourth-order valence-corrected chi connectivity index (χ4v) is 6.36. The van der Waals surface area contributed by atoms with Gasteiger partial charge >= 0.3 is 0 Å². The van der Waals surface area contributed by atoms with Gasteiger partial charge in [0.1, 0.15) is 16.5 Å². The van der Waals surface area contributed by atoms with E-state index in [1.807, 2.05) is 6.07 Å². The Morgan fingerprint density at radius 1 is 0.950 bits per heavy atom. The second-order valence-electron chi connectivity index (χ2n) is 10.7. The summed E-state index contributed by atoms with van der Waals surface area (Å²) in [7, 11) is 7.88. The first-order valence-electron chi connectivity index (χ1n) is 13.2. The van der Waals surface area contributed by atoms with Gasteiger partial charge in [-0.3, -0.25) is 4.79 Å². The molecule has 3 aromatic rings. The number of ether oxygens (including phenoxy) is 5. The fraction of sp³-hybridized carbons (Fsp3) is 0.419. The lowest BCUT2D eigenvalue weighted by atomic mass is 9.72. The predicted octanol–water partition coefficient (Wildman–Crippen LogP) is 6.95. The molecular formula is C31H38N2O6S. The Morgan fingerprint density at radius 3 is 2.27 bits per heavy atom. The lowest BCUT2D eigenvalue weighted by Crippen LogP contribution is -2.27. The molecule has 0 saturated carbocycles. The minimum atomic E-state index is -0.232. The molecule has 0 aliphatic heterocycles. The number of hydrogen-bond donors (Lipinski definition) is 1. The maximum atomic E-state index is 13.9. The van der Waals surface area contributed by atoms with E-state index >= 15 is 0 Å². The molecule has 1 aromatic heterocycles. The highest BCUT2D eigenvalue weighted by atomic mass is 32.1. The summed E-state index contributed by atoms with van der Waals surface area (Å²) in [5.74, 6) is 3.01. The Morgan fingerprint density at radius 2 is 1.65 bits per heavy atom. The fourth-order valence-electron chi connectivity index (χ4n) is 5.09. The van der Waals surface area contributed by atoms with Crippen LogP contribution in [0.4, 0.5) is 10.7 Å². The number of aliphatic imine (C=N–C) groups is 1. The van der Waals surface area contributed by atoms with Crippen molar-refractivity contribution in [3.8, 4) is 28.7 Å². The molecule has 1 atom stereocenters. The van der Waals surface area contributed by atoms with E-state index in [-0.39, 0.29) is 11.3 Å². The van der Waals surface area contributed by atoms with Crippen LogP contribution in [-0.4, -0.2) is 47.7 Å². The maximum absolute atomic E-state index is 13.9. The molecular weight excluding hydrogens is 528 g/mol. The van der Waals surface area contributed by atoms with Gasteiger partial charge in [-0.05, 0) is 60.4 Å². The molecule has 0 spiro atoms. The van der Waals surface area contributed by atoms with Gasteiger partial charge in [0.15, 0.2) is 11.5 Å². The molecule has 40 heavy (non-hydrogen) atoms. The van der Waals surface area contributed by atoms with Crippen LogP contribution in [0, 0.1) is 11.3 Å². The summed E-state index contributed by atoms with van der Waals surface area (Å²) < 4.78 is 27.4. The standard InChI is InChI=1S/C31H38N2O6S/c1-31(2,3)19-10-12-21-25(15-19)40-30(32-17-18-9-13-24(37-6)28(39-8)27(18)38-7)26(21)29(34)33-22-16-20(35-4)11-14-23(22)36-5/h9,11,13-14,16-17,19H,10,12,15H2,1-8H3,(H,33,34)/b32-17+. The highest BCUT2D eigenvalue weighted by Crippen LogP contribution is 2.46. The first kappa shape index (κ1) is 29.3. The zero-order valence-corrected chi connectivity index (χ0v) is 25.3. The number of carbonyl (C=O) groups is 1. The van der Waals surface area contributed by atoms with Crippen LogP contribution in [0.25, 0.3) is 0 Å². The monoisotopic (exact) mass is 566 g/mol. The molecule has 1 heterocycles. The molecule has 1 aliphatic carbocycles. The summed E-state index contributed by atoms with van der Waals surface area (Å²) in [6.45, 7) is 6.84. The second-order valence-corrected chi connectivity index (χ2v) is 11.8. The summed E-state index contributed by atoms with van der Waals surface area (Å²) in [4.78, 5) is 20.0. The van der Waals surface area contributed by atoms with Crippen LogP contribution < -0.4 is 29.0 Å². The minimum absolute atomic E-state index is 0.175. The molecule has 214 valence electrons. The van der Waals surface area contributed by atoms with E-state index < -0.39 is 0 Å². The number of thiophene rings is 1. The van der Waals surface area contributed by atoms with E-state index in [1.165, 1.54) is 4.88 Å². The molecule has 0 fully saturated rings. The number of carbonyl (C=O) groups excluding carboxylic acids is 1. The van der Waals surface area contributed by atoms with Crippen molar-refractivity contribution in [2.45, 2.75) is 40.0 Å². The second kappa shape index (κ2) is 12.2. The van der Waals surface area contributed by atoms with Crippen molar-refractivity contribution in [1.82, 2.24) is 0 Å². The Balaban J connectivity index is 1.78. The number of rotatable bonds is 9. The Hall–Kier alpha value is -3.72. The van der Waals surface area contributed by atoms with Crippen molar-refractivity contribution < 1.29 is 28.5 Å². The first-order chi connectivity index (χ1) is 19.1. The van der Waals surface area contributed by atoms with Gasteiger partial charge < -0.3 is 29.0 Å². The van der Waals surface area contributed by atoms with Crippen LogP contribution in [0.5, 0.6) is 28.7 Å². The van der Waals surface area contributed by atoms with Gasteiger partial charge in [0.2, 0.25) is 5.75 Å². The molecule has 1 aliphatic rings. The number of nitrogens with zero attached hydrogens (tertiary/aromatic N) is 1. The van der Waals surface area contributed by atoms with E-state index in [9.17, 15) is 4.79 Å². The lowest BCUT2D eigenvalue weighted by molar-refractivity contribution is 0.102. The molecule has 4 rings (SSSR count). The van der Waals surface area contributed by atoms with Crippen molar-refractivity contribution >= 4 is 34.1 Å². The molecule has 1 unspecified atom stereocenters. The van der Waals surface area contributed by atoms with E-state index in [4.69, 9.17) is 28.7 Å². The lowest BCUT2D eigenvalue weighted by Gasteiger charge is -2.33. The third kappa shape index (κ3) is 5.89. The third-order valence-corrected chi connectivity index (χ3v) is 8.57. The van der Waals surface area contributed by atoms with Crippen LogP contribution in [0.15, 0.2) is 35.3 Å². The number of nitrogens with one attached hydrogen (secondary N) is 1. The van der Waals surface area contributed by atoms with Gasteiger partial charge in [0, 0.05) is 22.7 Å². The number of hydrogen-bond acceptors (Lipinski definition) is 8. The van der Waals surface area contributed by atoms with Crippen molar-refractivity contribution in [2.75, 3.05) is 40.9 Å². The summed E-state index contributed by atoms with van der Waals surface area (Å²) >= 11 is 1.58. The number of anilines is 1. The summed E-state index contributed by atoms with van der Waals surface area (Å²) in [5.41, 5.74) is 3.07. The smallest absolute Gasteiger partial charge is 0.259 e. The normalized spacial score (nSPS) is 14.9. The van der Waals surface area contributed by atoms with Gasteiger partial charge in [-0.2, -0.15) is 0 Å². The Bertz CT molecular complexity index is 1410. The Kier molecular flexibility index (Phi) is 8.93. The van der Waals surface area contributed by atoms with E-state index in [0.717, 1.165) is 24.8 Å². The molecule has 9 heteroatoms. The molecule has 0 saturated heterocycles. The van der Waals surface area contributed by atoms with Crippen LogP contribution in [0.3, 0.4) is 0 Å². The Labute approximate surface area is 240 Å². The molecule has 1 amide bonds. The van der Waals surface area contributed by atoms with E-state index in [0.29, 0.717) is 56.5 Å². The molecule has 1 N–H and O–H groups in total. The summed E-state index contributed by atoms with van der Waals surface area (Å²) in [6.07, 6.45) is 4.47. The average Bonchev–Trinajstić information content (AvgIpc) is 3.32. The van der Waals surface area contributed by atoms with Gasteiger partial charge in [-0.25, -0.2) is 4.99 Å². The largest absolute Gasteiger partial charge is 0.497 e. The summed E-state index contributed by atoms with van der Waals surface area (Å²) in [5, 5.41) is 3.70. The van der Waals surface area contributed by atoms with E-state index in [1.54, 1.807) is 77.4 Å². The zero-order chi connectivity index (χ0) is 29.0. The highest BCUT2D eigenvalue weighted by molar-refractivity contribution is 7.16. The third-order valence-electron chi connectivity index (χ3n) is 7.41. The van der Waals surface area contributed by atoms with Crippen LogP contribution in [-0.2, 0) is 12.8 Å². The van der Waals surface area contributed by atoms with Crippen LogP contribution in [0.2, 0.25) is 0 Å².